The van der Waals surface area contributed by atoms with Gasteiger partial charge in [-0.15, -0.1) is 11.8 Å². The van der Waals surface area contributed by atoms with Crippen LogP contribution in [0, 0.1) is 5.41 Å². The first kappa shape index (κ1) is 15.8. The topological polar surface area (TPSA) is 81.1 Å². The Morgan fingerprint density at radius 2 is 2.05 bits per heavy atom. The smallest absolute Gasteiger partial charge is 0.224 e. The molecule has 0 aliphatic heterocycles. The number of amides is 1. The largest absolute Gasteiger partial charge is 0.389 e. The van der Waals surface area contributed by atoms with Gasteiger partial charge in [-0.2, -0.15) is 0 Å². The van der Waals surface area contributed by atoms with E-state index in [1.165, 1.54) is 0 Å². The number of thiocarbonyl (C=S) groups is 1. The number of nitrogens with one attached hydrogen (secondary N) is 1. The second kappa shape index (κ2) is 6.25. The van der Waals surface area contributed by atoms with Gasteiger partial charge in [0.2, 0.25) is 5.91 Å². The van der Waals surface area contributed by atoms with Gasteiger partial charge in [-0.1, -0.05) is 18.3 Å². The first-order chi connectivity index (χ1) is 8.79. The highest BCUT2D eigenvalue weighted by atomic mass is 32.2. The second-order valence-corrected chi connectivity index (χ2v) is 6.14. The highest BCUT2D eigenvalue weighted by Crippen LogP contribution is 2.28. The van der Waals surface area contributed by atoms with Gasteiger partial charge in [0.15, 0.2) is 0 Å². The fourth-order valence-electron chi connectivity index (χ4n) is 1.51. The van der Waals surface area contributed by atoms with E-state index in [1.54, 1.807) is 25.6 Å². The van der Waals surface area contributed by atoms with Crippen molar-refractivity contribution in [3.05, 3.63) is 23.8 Å². The zero-order valence-electron chi connectivity index (χ0n) is 11.3. The SMILES string of the molecule is CSc1cccc(NCC(C)(C)C(N)=O)c1C(N)=S. The van der Waals surface area contributed by atoms with Crippen molar-refractivity contribution in [2.24, 2.45) is 16.9 Å². The van der Waals surface area contributed by atoms with E-state index in [2.05, 4.69) is 5.32 Å². The molecule has 19 heavy (non-hydrogen) atoms. The molecule has 1 amide bonds. The van der Waals surface area contributed by atoms with Crippen LogP contribution in [0.5, 0.6) is 0 Å². The molecule has 104 valence electrons. The summed E-state index contributed by atoms with van der Waals surface area (Å²) in [4.78, 5) is 12.7. The van der Waals surface area contributed by atoms with Crippen LogP contribution in [-0.2, 0) is 4.79 Å². The Bertz CT molecular complexity index is 501. The molecule has 4 nitrogen and oxygen atoms in total. The number of thioether (sulfide) groups is 1. The predicted octanol–water partition coefficient (Wildman–Crippen LogP) is 1.97. The van der Waals surface area contributed by atoms with E-state index >= 15 is 0 Å². The average molecular weight is 297 g/mol. The lowest BCUT2D eigenvalue weighted by atomic mass is 9.92. The molecule has 1 aromatic rings. The van der Waals surface area contributed by atoms with E-state index in [0.717, 1.165) is 16.1 Å². The number of hydrogen-bond acceptors (Lipinski definition) is 4. The molecular formula is C13H19N3OS2. The molecule has 0 aliphatic carbocycles. The van der Waals surface area contributed by atoms with Gasteiger partial charge < -0.3 is 16.8 Å². The molecule has 0 aliphatic rings. The first-order valence-electron chi connectivity index (χ1n) is 5.80. The molecule has 0 fully saturated rings. The van der Waals surface area contributed by atoms with Gasteiger partial charge in [-0.25, -0.2) is 0 Å². The zero-order valence-corrected chi connectivity index (χ0v) is 13.0. The van der Waals surface area contributed by atoms with Crippen molar-refractivity contribution in [2.45, 2.75) is 18.7 Å². The monoisotopic (exact) mass is 297 g/mol. The summed E-state index contributed by atoms with van der Waals surface area (Å²) in [5.41, 5.74) is 12.1. The lowest BCUT2D eigenvalue weighted by Crippen LogP contribution is -2.37. The van der Waals surface area contributed by atoms with Crippen LogP contribution >= 0.6 is 24.0 Å². The second-order valence-electron chi connectivity index (χ2n) is 4.85. The van der Waals surface area contributed by atoms with E-state index in [4.69, 9.17) is 23.7 Å². The van der Waals surface area contributed by atoms with Crippen molar-refractivity contribution in [3.8, 4) is 0 Å². The summed E-state index contributed by atoms with van der Waals surface area (Å²) in [6.07, 6.45) is 1.97. The maximum absolute atomic E-state index is 11.3. The van der Waals surface area contributed by atoms with Crippen molar-refractivity contribution in [1.29, 1.82) is 0 Å². The number of carbonyl (C=O) groups excluding carboxylic acids is 1. The maximum atomic E-state index is 11.3. The molecule has 5 N–H and O–H groups in total. The van der Waals surface area contributed by atoms with E-state index in [9.17, 15) is 4.79 Å². The number of rotatable bonds is 6. The number of benzene rings is 1. The van der Waals surface area contributed by atoms with E-state index in [1.807, 2.05) is 24.5 Å². The molecule has 1 rings (SSSR count). The summed E-state index contributed by atoms with van der Waals surface area (Å²) < 4.78 is 0. The van der Waals surface area contributed by atoms with Crippen molar-refractivity contribution in [1.82, 2.24) is 0 Å². The molecule has 6 heteroatoms. The lowest BCUT2D eigenvalue weighted by molar-refractivity contribution is -0.125. The Kier molecular flexibility index (Phi) is 5.20. The third-order valence-corrected chi connectivity index (χ3v) is 3.86. The molecule has 0 atom stereocenters. The molecule has 0 saturated carbocycles. The van der Waals surface area contributed by atoms with Crippen LogP contribution in [0.25, 0.3) is 0 Å². The van der Waals surface area contributed by atoms with Crippen LogP contribution in [-0.4, -0.2) is 23.7 Å². The Labute approximate surface area is 123 Å². The van der Waals surface area contributed by atoms with Gasteiger partial charge >= 0.3 is 0 Å². The molecule has 0 saturated heterocycles. The Balaban J connectivity index is 3.02. The van der Waals surface area contributed by atoms with Crippen LogP contribution in [0.1, 0.15) is 19.4 Å². The first-order valence-corrected chi connectivity index (χ1v) is 7.43. The summed E-state index contributed by atoms with van der Waals surface area (Å²) in [5.74, 6) is -0.349. The number of nitrogens with two attached hydrogens (primary N) is 2. The number of hydrogen-bond donors (Lipinski definition) is 3. The van der Waals surface area contributed by atoms with E-state index < -0.39 is 5.41 Å². The van der Waals surface area contributed by atoms with E-state index in [0.29, 0.717) is 11.5 Å². The number of anilines is 1. The molecule has 0 heterocycles. The number of carbonyl (C=O) groups is 1. The Morgan fingerprint density at radius 1 is 1.42 bits per heavy atom. The van der Waals surface area contributed by atoms with Gasteiger partial charge in [0, 0.05) is 22.7 Å². The zero-order chi connectivity index (χ0) is 14.6. The van der Waals surface area contributed by atoms with Crippen molar-refractivity contribution in [2.75, 3.05) is 18.1 Å². The van der Waals surface area contributed by atoms with Gasteiger partial charge in [0.05, 0.1) is 5.41 Å². The van der Waals surface area contributed by atoms with Crippen LogP contribution in [0.4, 0.5) is 5.69 Å². The molecule has 0 radical (unpaired) electrons. The van der Waals surface area contributed by atoms with Crippen LogP contribution in [0.2, 0.25) is 0 Å². The van der Waals surface area contributed by atoms with Gasteiger partial charge in [0.1, 0.15) is 4.99 Å². The van der Waals surface area contributed by atoms with Crippen LogP contribution < -0.4 is 16.8 Å². The molecule has 0 aromatic heterocycles. The summed E-state index contributed by atoms with van der Waals surface area (Å²) in [5, 5.41) is 3.21. The van der Waals surface area contributed by atoms with Crippen molar-refractivity contribution in [3.63, 3.8) is 0 Å². The fourth-order valence-corrected chi connectivity index (χ4v) is 2.43. The fraction of sp³-hybridized carbons (Fsp3) is 0.385. The maximum Gasteiger partial charge on any atom is 0.224 e. The number of primary amides is 1. The molecule has 0 bridgehead atoms. The van der Waals surface area contributed by atoms with E-state index in [-0.39, 0.29) is 5.91 Å². The van der Waals surface area contributed by atoms with Crippen molar-refractivity contribution < 1.29 is 4.79 Å². The third-order valence-electron chi connectivity index (χ3n) is 2.88. The minimum atomic E-state index is -0.636. The molecule has 1 aromatic carbocycles. The summed E-state index contributed by atoms with van der Waals surface area (Å²) in [6.45, 7) is 4.01. The average Bonchev–Trinajstić information content (AvgIpc) is 2.35. The Morgan fingerprint density at radius 3 is 2.53 bits per heavy atom. The standard InChI is InChI=1S/C13H19N3OS2/c1-13(2,12(15)17)7-16-8-5-4-6-9(19-3)10(8)11(14)18/h4-6,16H,7H2,1-3H3,(H2,14,18)(H2,15,17). The molecular weight excluding hydrogens is 278 g/mol. The van der Waals surface area contributed by atoms with Crippen molar-refractivity contribution >= 4 is 40.6 Å². The van der Waals surface area contributed by atoms with Gasteiger partial charge in [-0.05, 0) is 32.2 Å². The molecule has 0 spiro atoms. The van der Waals surface area contributed by atoms with Gasteiger partial charge in [0.25, 0.3) is 0 Å². The quantitative estimate of drug-likeness (QED) is 0.552. The molecule has 0 unspecified atom stereocenters. The summed E-state index contributed by atoms with van der Waals surface area (Å²) in [7, 11) is 0. The summed E-state index contributed by atoms with van der Waals surface area (Å²) in [6, 6.07) is 5.78. The Hall–Kier alpha value is -1.27. The van der Waals surface area contributed by atoms with Crippen LogP contribution in [0.3, 0.4) is 0 Å². The highest BCUT2D eigenvalue weighted by molar-refractivity contribution is 7.98. The van der Waals surface area contributed by atoms with Gasteiger partial charge in [-0.3, -0.25) is 4.79 Å². The minimum absolute atomic E-state index is 0.337. The predicted molar refractivity (Wildman–Crippen MR) is 85.6 cm³/mol. The normalized spacial score (nSPS) is 11.1. The van der Waals surface area contributed by atoms with Crippen LogP contribution in [0.15, 0.2) is 23.1 Å². The highest BCUT2D eigenvalue weighted by Gasteiger charge is 2.25. The minimum Gasteiger partial charge on any atom is -0.389 e. The summed E-state index contributed by atoms with van der Waals surface area (Å²) >= 11 is 6.67. The lowest BCUT2D eigenvalue weighted by Gasteiger charge is -2.23. The third kappa shape index (κ3) is 3.84.